The lowest BCUT2D eigenvalue weighted by molar-refractivity contribution is -0.208. The molecular formula is C19H24O2. The fraction of sp³-hybridized carbons (Fsp3) is 0.579. The molecule has 3 aliphatic carbocycles. The van der Waals surface area contributed by atoms with Crippen molar-refractivity contribution in [2.75, 3.05) is 0 Å². The summed E-state index contributed by atoms with van der Waals surface area (Å²) in [4.78, 5) is 0. The molecule has 2 fully saturated rings. The predicted molar refractivity (Wildman–Crippen MR) is 83.9 cm³/mol. The summed E-state index contributed by atoms with van der Waals surface area (Å²) in [5.74, 6) is 0.538. The zero-order chi connectivity index (χ0) is 14.7. The third-order valence-electron chi connectivity index (χ3n) is 6.60. The van der Waals surface area contributed by atoms with Crippen molar-refractivity contribution in [1.29, 1.82) is 0 Å². The molecule has 0 aliphatic heterocycles. The van der Waals surface area contributed by atoms with E-state index >= 15 is 0 Å². The van der Waals surface area contributed by atoms with Gasteiger partial charge >= 0.3 is 0 Å². The standard InChI is InChI=1S/C19H24O2/c1-18-12-10-15-14-6-3-2-5-13(14)8-9-16(15)19(18,21)11-4-7-17(18)20/h2-3,5-6,8-9,15-17,20-21H,4,7,10-12H2,1H3/t15-,16-,17-,18-,19+/m1/s1. The summed E-state index contributed by atoms with van der Waals surface area (Å²) in [5, 5.41) is 22.1. The van der Waals surface area contributed by atoms with Crippen LogP contribution in [-0.2, 0) is 0 Å². The molecule has 21 heavy (non-hydrogen) atoms. The van der Waals surface area contributed by atoms with Gasteiger partial charge in [0.05, 0.1) is 11.7 Å². The average Bonchev–Trinajstić information content (AvgIpc) is 2.49. The summed E-state index contributed by atoms with van der Waals surface area (Å²) in [7, 11) is 0. The topological polar surface area (TPSA) is 40.5 Å². The van der Waals surface area contributed by atoms with E-state index in [2.05, 4.69) is 43.3 Å². The zero-order valence-electron chi connectivity index (χ0n) is 12.6. The fourth-order valence-electron chi connectivity index (χ4n) is 5.21. The molecule has 0 spiro atoms. The number of hydrogen-bond acceptors (Lipinski definition) is 2. The van der Waals surface area contributed by atoms with Crippen LogP contribution >= 0.6 is 0 Å². The van der Waals surface area contributed by atoms with E-state index in [4.69, 9.17) is 0 Å². The molecule has 0 unspecified atom stereocenters. The normalized spacial score (nSPS) is 44.6. The maximum atomic E-state index is 11.5. The second kappa shape index (κ2) is 4.44. The molecule has 5 atom stereocenters. The molecule has 0 saturated heterocycles. The third-order valence-corrected chi connectivity index (χ3v) is 6.60. The van der Waals surface area contributed by atoms with Crippen molar-refractivity contribution in [3.05, 3.63) is 41.5 Å². The number of benzene rings is 1. The van der Waals surface area contributed by atoms with Crippen LogP contribution in [-0.4, -0.2) is 21.9 Å². The van der Waals surface area contributed by atoms with Gasteiger partial charge < -0.3 is 10.2 Å². The third kappa shape index (κ3) is 1.66. The van der Waals surface area contributed by atoms with E-state index in [0.29, 0.717) is 5.92 Å². The van der Waals surface area contributed by atoms with Crippen molar-refractivity contribution in [2.24, 2.45) is 11.3 Å². The summed E-state index contributed by atoms with van der Waals surface area (Å²) in [6.45, 7) is 2.10. The van der Waals surface area contributed by atoms with Gasteiger partial charge in [-0.2, -0.15) is 0 Å². The Bertz CT molecular complexity index is 593. The van der Waals surface area contributed by atoms with Crippen LogP contribution in [0.25, 0.3) is 6.08 Å². The van der Waals surface area contributed by atoms with Gasteiger partial charge in [-0.15, -0.1) is 0 Å². The zero-order valence-corrected chi connectivity index (χ0v) is 12.6. The number of aliphatic hydroxyl groups is 2. The van der Waals surface area contributed by atoms with Crippen LogP contribution in [0.3, 0.4) is 0 Å². The van der Waals surface area contributed by atoms with Crippen LogP contribution in [0.2, 0.25) is 0 Å². The van der Waals surface area contributed by atoms with Gasteiger partial charge in [0.25, 0.3) is 0 Å². The highest BCUT2D eigenvalue weighted by atomic mass is 16.3. The maximum absolute atomic E-state index is 11.5. The van der Waals surface area contributed by atoms with Crippen LogP contribution in [0, 0.1) is 11.3 Å². The SMILES string of the molecule is C[C@]12CC[C@@H]3c4ccccc4C=C[C@H]3[C@@]1(O)CCC[C@H]2O. The number of aliphatic hydroxyl groups excluding tert-OH is 1. The summed E-state index contributed by atoms with van der Waals surface area (Å²) >= 11 is 0. The van der Waals surface area contributed by atoms with Gasteiger partial charge in [0.15, 0.2) is 0 Å². The van der Waals surface area contributed by atoms with Crippen molar-refractivity contribution in [3.8, 4) is 0 Å². The van der Waals surface area contributed by atoms with E-state index in [0.717, 1.165) is 32.1 Å². The monoisotopic (exact) mass is 284 g/mol. The molecule has 4 rings (SSSR count). The van der Waals surface area contributed by atoms with Gasteiger partial charge in [0, 0.05) is 11.3 Å². The predicted octanol–water partition coefficient (Wildman–Crippen LogP) is 3.49. The molecule has 3 aliphatic rings. The smallest absolute Gasteiger partial charge is 0.0793 e. The van der Waals surface area contributed by atoms with Gasteiger partial charge in [-0.1, -0.05) is 43.3 Å². The Morgan fingerprint density at radius 2 is 1.95 bits per heavy atom. The van der Waals surface area contributed by atoms with Crippen LogP contribution in [0.15, 0.2) is 30.3 Å². The lowest BCUT2D eigenvalue weighted by atomic mass is 9.48. The first-order valence-corrected chi connectivity index (χ1v) is 8.24. The number of rotatable bonds is 0. The first kappa shape index (κ1) is 13.5. The number of hydrogen-bond donors (Lipinski definition) is 2. The molecule has 0 amide bonds. The molecule has 112 valence electrons. The van der Waals surface area contributed by atoms with Gasteiger partial charge in [0.1, 0.15) is 0 Å². The average molecular weight is 284 g/mol. The molecule has 1 aromatic carbocycles. The highest BCUT2D eigenvalue weighted by Gasteiger charge is 2.61. The lowest BCUT2D eigenvalue weighted by Crippen LogP contribution is -2.63. The highest BCUT2D eigenvalue weighted by molar-refractivity contribution is 5.59. The Morgan fingerprint density at radius 3 is 2.81 bits per heavy atom. The molecule has 2 nitrogen and oxygen atoms in total. The molecule has 0 radical (unpaired) electrons. The van der Waals surface area contributed by atoms with E-state index in [1.807, 2.05) is 0 Å². The van der Waals surface area contributed by atoms with Gasteiger partial charge in [0.2, 0.25) is 0 Å². The molecule has 2 saturated carbocycles. The first-order valence-electron chi connectivity index (χ1n) is 8.24. The van der Waals surface area contributed by atoms with Crippen LogP contribution in [0.1, 0.15) is 56.1 Å². The van der Waals surface area contributed by atoms with Crippen molar-refractivity contribution in [3.63, 3.8) is 0 Å². The largest absolute Gasteiger partial charge is 0.392 e. The van der Waals surface area contributed by atoms with E-state index < -0.39 is 5.60 Å². The quantitative estimate of drug-likeness (QED) is 0.765. The molecule has 0 bridgehead atoms. The molecule has 0 aromatic heterocycles. The minimum absolute atomic E-state index is 0.140. The Labute approximate surface area is 126 Å². The summed E-state index contributed by atoms with van der Waals surface area (Å²) < 4.78 is 0. The second-order valence-corrected chi connectivity index (χ2v) is 7.41. The lowest BCUT2D eigenvalue weighted by Gasteiger charge is -2.60. The Morgan fingerprint density at radius 1 is 1.14 bits per heavy atom. The molecular weight excluding hydrogens is 260 g/mol. The van der Waals surface area contributed by atoms with E-state index in [9.17, 15) is 10.2 Å². The van der Waals surface area contributed by atoms with E-state index in [-0.39, 0.29) is 17.4 Å². The summed E-state index contributed by atoms with van der Waals surface area (Å²) in [5.41, 5.74) is 1.54. The Kier molecular flexibility index (Phi) is 2.86. The Balaban J connectivity index is 1.81. The van der Waals surface area contributed by atoms with Crippen LogP contribution < -0.4 is 0 Å². The minimum Gasteiger partial charge on any atom is -0.392 e. The van der Waals surface area contributed by atoms with E-state index in [1.54, 1.807) is 0 Å². The van der Waals surface area contributed by atoms with Crippen LogP contribution in [0.5, 0.6) is 0 Å². The van der Waals surface area contributed by atoms with E-state index in [1.165, 1.54) is 11.1 Å². The van der Waals surface area contributed by atoms with Gasteiger partial charge in [-0.3, -0.25) is 0 Å². The van der Waals surface area contributed by atoms with Crippen LogP contribution in [0.4, 0.5) is 0 Å². The minimum atomic E-state index is -0.766. The van der Waals surface area contributed by atoms with Crippen molar-refractivity contribution in [1.82, 2.24) is 0 Å². The fourth-order valence-corrected chi connectivity index (χ4v) is 5.21. The van der Waals surface area contributed by atoms with Crippen molar-refractivity contribution < 1.29 is 10.2 Å². The number of fused-ring (bicyclic) bond motifs is 5. The first-order chi connectivity index (χ1) is 10.1. The molecule has 2 heteroatoms. The molecule has 1 aromatic rings. The molecule has 2 N–H and O–H groups in total. The Hall–Kier alpha value is -1.12. The maximum Gasteiger partial charge on any atom is 0.0793 e. The van der Waals surface area contributed by atoms with Crippen molar-refractivity contribution in [2.45, 2.75) is 56.7 Å². The van der Waals surface area contributed by atoms with Crippen molar-refractivity contribution >= 4 is 6.08 Å². The highest BCUT2D eigenvalue weighted by Crippen LogP contribution is 2.60. The van der Waals surface area contributed by atoms with Gasteiger partial charge in [-0.05, 0) is 49.1 Å². The van der Waals surface area contributed by atoms with Gasteiger partial charge in [-0.25, -0.2) is 0 Å². The summed E-state index contributed by atoms with van der Waals surface area (Å²) in [6, 6.07) is 8.55. The second-order valence-electron chi connectivity index (χ2n) is 7.41. The molecule has 0 heterocycles. The summed E-state index contributed by atoms with van der Waals surface area (Å²) in [6.07, 6.45) is 8.54.